The van der Waals surface area contributed by atoms with Gasteiger partial charge in [-0.2, -0.15) is 12.6 Å². The van der Waals surface area contributed by atoms with Gasteiger partial charge in [-0.05, 0) is 173 Å². The van der Waals surface area contributed by atoms with Crippen LogP contribution in [0.2, 0.25) is 0 Å². The topological polar surface area (TPSA) is 526 Å². The molecule has 690 valence electrons. The van der Waals surface area contributed by atoms with Gasteiger partial charge in [0.2, 0.25) is 118 Å². The molecule has 14 atom stereocenters. The SMILES string of the molecule is O=C(O)CNC(=O)[C@@H]1CCCN1C(=O)[C@@H]1CCCN1C(=O)CNC(=O)[C@@H]1CCCN1C(=O)[C@@H]1CCCN1C(=O)CNC(=O)[C@@H]1CCCN1C(=O)[C@@H]1CCCN1C(=O)CNC(=O)[C@@H]1CCCN1C(=O)[C@H](CS)NC(=O)CNC(=O)[C@@H]1CCCN1C(=O)[C@@H]1CCCN1C(=O)CNC(=O)[C@@H]1CCCN1C(=O)[C@@H]1CCCN1C(=O)CNC(=O)[C@@H]1CCCN1C(=O)[C@@H]1CCCN1. The van der Waals surface area contributed by atoms with Gasteiger partial charge in [0.05, 0.1) is 45.3 Å². The average Bonchev–Trinajstić information content (AvgIpc) is 1.67. The number of rotatable bonds is 30. The van der Waals surface area contributed by atoms with Crippen molar-refractivity contribution in [2.75, 3.05) is 137 Å². The van der Waals surface area contributed by atoms with Gasteiger partial charge in [-0.3, -0.25) is 101 Å². The molecule has 13 aliphatic heterocycles. The lowest BCUT2D eigenvalue weighted by Crippen LogP contribution is -2.57. The molecule has 0 aliphatic carbocycles. The predicted octanol–water partition coefficient (Wildman–Crippen LogP) is -7.06. The summed E-state index contributed by atoms with van der Waals surface area (Å²) >= 11 is 4.33. The summed E-state index contributed by atoms with van der Waals surface area (Å²) in [6.45, 7) is -0.198. The number of carboxylic acids is 1. The van der Waals surface area contributed by atoms with Crippen molar-refractivity contribution in [3.05, 3.63) is 0 Å². The number of nitrogens with zero attached hydrogens (tertiary/aromatic N) is 12. The third-order valence-corrected chi connectivity index (χ3v) is 27.6. The van der Waals surface area contributed by atoms with Crippen LogP contribution in [0.5, 0.6) is 0 Å². The first-order chi connectivity index (χ1) is 60.6. The Morgan fingerprint density at radius 1 is 0.262 bits per heavy atom. The summed E-state index contributed by atoms with van der Waals surface area (Å²) in [7, 11) is 0. The summed E-state index contributed by atoms with van der Waals surface area (Å²) in [5, 5.41) is 33.0. The number of carbonyl (C=O) groups excluding carboxylic acids is 20. The standard InChI is InChI=1S/C82H119N21O22S/c104-62(40-84-69(112)52-17-4-35-99(52)78(121)57-22-9-28-92(57)65(107)43-87-72(115)53-18-5-36-100(53)79(122)58-23-10-29-93(58)63(105)41-85-70(113)50-15-2-33-97(50)76(119)48-14-1-27-83-48)91-49(47-126)77(120)98-34-3-16-51(98)71(114)86-42-64(106)94-30-11-24-59(94)80(123)101-37-6-19-54(101)73(116)88-44-66(108)95-31-12-25-60(95)81(124)102-38-7-20-55(102)74(117)89-45-67(109)96-32-13-26-61(96)82(125)103-39-8-21-56(103)75(118)90-46-68(110)111/h48-61,83,126H,1-47H2,(H,84,112)(H,85,113)(H,86,114)(H,87,115)(H,88,116)(H,89,117)(H,90,118)(H,91,104)(H,110,111)/t48-,49-,50-,51-,52-,53-,54-,55-,56-,57-,58-,59-,60-,61-/m0/s1. The maximum Gasteiger partial charge on any atom is 0.322 e. The Bertz CT molecular complexity index is 4250. The molecular weight excluding hydrogens is 1660 g/mol. The molecule has 0 unspecified atom stereocenters. The largest absolute Gasteiger partial charge is 0.480 e. The Kier molecular flexibility index (Phi) is 31.1. The van der Waals surface area contributed by atoms with E-state index in [9.17, 15) is 101 Å². The van der Waals surface area contributed by atoms with Crippen LogP contribution in [-0.4, -0.2) is 409 Å². The molecule has 0 spiro atoms. The molecule has 13 fully saturated rings. The highest BCUT2D eigenvalue weighted by Gasteiger charge is 2.51. The molecule has 20 amide bonds. The van der Waals surface area contributed by atoms with Gasteiger partial charge in [0, 0.05) is 84.3 Å². The summed E-state index contributed by atoms with van der Waals surface area (Å²) in [5.41, 5.74) is 0. The fraction of sp³-hybridized carbons (Fsp3) is 0.744. The summed E-state index contributed by atoms with van der Waals surface area (Å²) < 4.78 is 0. The van der Waals surface area contributed by atoms with E-state index in [-0.39, 0.29) is 141 Å². The van der Waals surface area contributed by atoms with Crippen LogP contribution in [0.15, 0.2) is 0 Å². The molecule has 0 aromatic rings. The van der Waals surface area contributed by atoms with Gasteiger partial charge >= 0.3 is 5.97 Å². The van der Waals surface area contributed by atoms with Crippen molar-refractivity contribution in [1.82, 2.24) is 107 Å². The van der Waals surface area contributed by atoms with Crippen molar-refractivity contribution in [3.63, 3.8) is 0 Å². The molecule has 10 N–H and O–H groups in total. The first kappa shape index (κ1) is 92.8. The quantitative estimate of drug-likeness (QED) is 0.0298. The van der Waals surface area contributed by atoms with Crippen LogP contribution in [0.25, 0.3) is 0 Å². The Balaban J connectivity index is 0.511. The van der Waals surface area contributed by atoms with Crippen molar-refractivity contribution in [3.8, 4) is 0 Å². The lowest BCUT2D eigenvalue weighted by atomic mass is 10.1. The Labute approximate surface area is 734 Å². The van der Waals surface area contributed by atoms with E-state index in [4.69, 9.17) is 5.11 Å². The van der Waals surface area contributed by atoms with Gasteiger partial charge in [-0.25, -0.2) is 0 Å². The van der Waals surface area contributed by atoms with Crippen LogP contribution >= 0.6 is 12.6 Å². The molecule has 0 bridgehead atoms. The minimum Gasteiger partial charge on any atom is -0.480 e. The maximum atomic E-state index is 14.4. The minimum atomic E-state index is -1.27. The van der Waals surface area contributed by atoms with Gasteiger partial charge in [0.15, 0.2) is 0 Å². The number of aliphatic carboxylic acids is 1. The number of carboxylic acid groups (broad SMARTS) is 1. The van der Waals surface area contributed by atoms with Crippen molar-refractivity contribution in [2.45, 2.75) is 252 Å². The van der Waals surface area contributed by atoms with Crippen LogP contribution in [0.3, 0.4) is 0 Å². The van der Waals surface area contributed by atoms with Gasteiger partial charge in [0.1, 0.15) is 85.1 Å². The summed E-state index contributed by atoms with van der Waals surface area (Å²) in [5.74, 6) is -12.2. The van der Waals surface area contributed by atoms with E-state index in [2.05, 4.69) is 60.5 Å². The highest BCUT2D eigenvalue weighted by Crippen LogP contribution is 2.33. The highest BCUT2D eigenvalue weighted by molar-refractivity contribution is 7.80. The zero-order valence-corrected chi connectivity index (χ0v) is 72.0. The van der Waals surface area contributed by atoms with Crippen LogP contribution in [0.1, 0.15) is 167 Å². The summed E-state index contributed by atoms with van der Waals surface area (Å²) in [4.78, 5) is 304. The molecule has 13 aliphatic rings. The number of thiol groups is 1. The number of hydrogen-bond donors (Lipinski definition) is 11. The van der Waals surface area contributed by atoms with Crippen LogP contribution in [0.4, 0.5) is 0 Å². The smallest absolute Gasteiger partial charge is 0.322 e. The van der Waals surface area contributed by atoms with Crippen molar-refractivity contribution >= 4 is 137 Å². The molecule has 126 heavy (non-hydrogen) atoms. The normalized spacial score (nSPS) is 27.3. The van der Waals surface area contributed by atoms with E-state index < -0.39 is 236 Å². The third-order valence-electron chi connectivity index (χ3n) is 27.2. The molecule has 0 radical (unpaired) electrons. The second kappa shape index (κ2) is 42.2. The van der Waals surface area contributed by atoms with Crippen molar-refractivity contribution < 1.29 is 106 Å². The first-order valence-corrected chi connectivity index (χ1v) is 45.7. The molecule has 0 saturated carbocycles. The molecule has 0 aromatic heterocycles. The van der Waals surface area contributed by atoms with E-state index >= 15 is 0 Å². The van der Waals surface area contributed by atoms with Gasteiger partial charge in [-0.15, -0.1) is 0 Å². The van der Waals surface area contributed by atoms with Crippen LogP contribution in [0, 0.1) is 0 Å². The van der Waals surface area contributed by atoms with E-state index in [0.29, 0.717) is 122 Å². The fourth-order valence-corrected chi connectivity index (χ4v) is 21.1. The van der Waals surface area contributed by atoms with Crippen LogP contribution < -0.4 is 47.9 Å². The lowest BCUT2D eigenvalue weighted by Gasteiger charge is -2.32. The second-order valence-electron chi connectivity index (χ2n) is 34.9. The number of likely N-dealkylation sites (tertiary alicyclic amines) is 12. The summed E-state index contributed by atoms with van der Waals surface area (Å²) in [6.07, 6.45) is 10.9. The lowest BCUT2D eigenvalue weighted by molar-refractivity contribution is -0.148. The minimum absolute atomic E-state index is 0.118. The predicted molar refractivity (Wildman–Crippen MR) is 442 cm³/mol. The molecule has 13 rings (SSSR count). The van der Waals surface area contributed by atoms with Gasteiger partial charge in [-0.1, -0.05) is 0 Å². The van der Waals surface area contributed by atoms with E-state index in [1.165, 1.54) is 53.9 Å². The zero-order valence-electron chi connectivity index (χ0n) is 71.2. The number of nitrogens with one attached hydrogen (secondary N) is 9. The second-order valence-corrected chi connectivity index (χ2v) is 35.3. The van der Waals surface area contributed by atoms with E-state index in [1.807, 2.05) is 0 Å². The maximum absolute atomic E-state index is 14.4. The Hall–Kier alpha value is -10.8. The molecular formula is C82H119N21O22S. The number of hydrogen-bond acceptors (Lipinski definition) is 23. The van der Waals surface area contributed by atoms with Gasteiger partial charge < -0.3 is 112 Å². The van der Waals surface area contributed by atoms with Gasteiger partial charge in [0.25, 0.3) is 0 Å². The highest BCUT2D eigenvalue weighted by atomic mass is 32.1. The Morgan fingerprint density at radius 2 is 0.476 bits per heavy atom. The monoisotopic (exact) mass is 1780 g/mol. The fourth-order valence-electron chi connectivity index (χ4n) is 20.9. The molecule has 13 saturated heterocycles. The zero-order chi connectivity index (χ0) is 89.7. The number of carbonyl (C=O) groups is 21. The van der Waals surface area contributed by atoms with E-state index in [0.717, 1.165) is 13.0 Å². The average molecular weight is 1780 g/mol. The first-order valence-electron chi connectivity index (χ1n) is 45.0. The molecule has 0 aromatic carbocycles. The van der Waals surface area contributed by atoms with E-state index in [1.54, 1.807) is 4.90 Å². The molecule has 43 nitrogen and oxygen atoms in total. The Morgan fingerprint density at radius 3 is 0.714 bits per heavy atom. The molecule has 44 heteroatoms. The van der Waals surface area contributed by atoms with Crippen molar-refractivity contribution in [1.29, 1.82) is 0 Å². The third kappa shape index (κ3) is 20.9. The number of amides is 20. The van der Waals surface area contributed by atoms with Crippen LogP contribution in [-0.2, 0) is 101 Å². The molecule has 13 heterocycles. The van der Waals surface area contributed by atoms with Crippen molar-refractivity contribution in [2.24, 2.45) is 0 Å². The summed E-state index contributed by atoms with van der Waals surface area (Å²) in [6, 6.07) is -12.8.